The van der Waals surface area contributed by atoms with Gasteiger partial charge < -0.3 is 23.1 Å². The zero-order valence-corrected chi connectivity index (χ0v) is 36.8. The molecule has 1 aliphatic heterocycles. The first-order valence-electron chi connectivity index (χ1n) is 19.9. The molecule has 3 aliphatic rings. The zero-order valence-electron chi connectivity index (χ0n) is 34.8. The van der Waals surface area contributed by atoms with E-state index in [1.54, 1.807) is 0 Å². The van der Waals surface area contributed by atoms with Crippen LogP contribution in [0.5, 0.6) is 5.75 Å². The highest BCUT2D eigenvalue weighted by atomic mass is 28.4. The lowest BCUT2D eigenvalue weighted by molar-refractivity contribution is -0.164. The number of rotatable bonds is 13. The number of hydrogen-bond donors (Lipinski definition) is 0. The van der Waals surface area contributed by atoms with Gasteiger partial charge in [-0.25, -0.2) is 4.79 Å². The molecule has 4 rings (SSSR count). The van der Waals surface area contributed by atoms with E-state index in [1.807, 2.05) is 25.1 Å². The fourth-order valence-corrected chi connectivity index (χ4v) is 10.1. The van der Waals surface area contributed by atoms with Crippen molar-refractivity contribution in [3.8, 4) is 5.75 Å². The summed E-state index contributed by atoms with van der Waals surface area (Å²) < 4.78 is 32.7. The van der Waals surface area contributed by atoms with Crippen molar-refractivity contribution >= 4 is 28.6 Å². The topological polar surface area (TPSA) is 80.3 Å². The second-order valence-electron chi connectivity index (χ2n) is 19.0. The molecular formula is C43H70O7Si2. The van der Waals surface area contributed by atoms with Crippen molar-refractivity contribution in [3.05, 3.63) is 53.6 Å². The average molecular weight is 755 g/mol. The van der Waals surface area contributed by atoms with Crippen LogP contribution in [0.25, 0.3) is 0 Å². The number of benzene rings is 1. The maximum Gasteiger partial charge on any atom is 0.347 e. The zero-order chi connectivity index (χ0) is 38.8. The lowest BCUT2D eigenvalue weighted by Crippen LogP contribution is -2.49. The maximum atomic E-state index is 14.1. The molecular weight excluding hydrogens is 685 g/mol. The molecule has 5 unspecified atom stereocenters. The number of esters is 2. The second kappa shape index (κ2) is 16.7. The third-order valence-electron chi connectivity index (χ3n) is 12.6. The Morgan fingerprint density at radius 3 is 2.19 bits per heavy atom. The predicted molar refractivity (Wildman–Crippen MR) is 216 cm³/mol. The third-order valence-corrected chi connectivity index (χ3v) is 21.7. The molecule has 1 fully saturated rings. The highest BCUT2D eigenvalue weighted by Gasteiger charge is 2.47. The summed E-state index contributed by atoms with van der Waals surface area (Å²) in [7, 11) is -4.16. The number of ether oxygens (including phenoxy) is 3. The fourth-order valence-electron chi connectivity index (χ4n) is 7.43. The van der Waals surface area contributed by atoms with Gasteiger partial charge in [-0.2, -0.15) is 0 Å². The van der Waals surface area contributed by atoms with Crippen molar-refractivity contribution < 1.29 is 32.7 Å². The van der Waals surface area contributed by atoms with Gasteiger partial charge in [0.2, 0.25) is 0 Å². The number of carbonyl (C=O) groups is 2. The van der Waals surface area contributed by atoms with Crippen LogP contribution in [0.1, 0.15) is 119 Å². The van der Waals surface area contributed by atoms with Crippen LogP contribution < -0.4 is 4.74 Å². The molecule has 292 valence electrons. The number of fused-ring (bicyclic) bond motifs is 1. The summed E-state index contributed by atoms with van der Waals surface area (Å²) in [6.07, 6.45) is 8.97. The van der Waals surface area contributed by atoms with Crippen molar-refractivity contribution in [2.45, 2.75) is 180 Å². The van der Waals surface area contributed by atoms with E-state index in [-0.39, 0.29) is 70.1 Å². The van der Waals surface area contributed by atoms with Gasteiger partial charge in [-0.3, -0.25) is 4.79 Å². The molecule has 8 atom stereocenters. The molecule has 9 heteroatoms. The van der Waals surface area contributed by atoms with Gasteiger partial charge in [-0.15, -0.1) is 0 Å². The van der Waals surface area contributed by atoms with E-state index in [1.165, 1.54) is 5.57 Å². The Hall–Kier alpha value is -2.21. The summed E-state index contributed by atoms with van der Waals surface area (Å²) in [4.78, 5) is 27.0. The monoisotopic (exact) mass is 754 g/mol. The summed E-state index contributed by atoms with van der Waals surface area (Å²) in [5, 5.41) is 0.109. The number of para-hydroxylation sites is 1. The summed E-state index contributed by atoms with van der Waals surface area (Å²) in [6, 6.07) is 7.96. The molecule has 52 heavy (non-hydrogen) atoms. The number of allylic oxidation sites excluding steroid dienone is 2. The molecule has 1 heterocycles. The van der Waals surface area contributed by atoms with Gasteiger partial charge in [0.15, 0.2) is 22.7 Å². The van der Waals surface area contributed by atoms with E-state index in [9.17, 15) is 9.59 Å². The van der Waals surface area contributed by atoms with Gasteiger partial charge >= 0.3 is 11.9 Å². The molecule has 7 nitrogen and oxygen atoms in total. The van der Waals surface area contributed by atoms with Crippen molar-refractivity contribution in [2.24, 2.45) is 17.8 Å². The van der Waals surface area contributed by atoms with Crippen molar-refractivity contribution in [3.63, 3.8) is 0 Å². The first-order valence-corrected chi connectivity index (χ1v) is 25.8. The van der Waals surface area contributed by atoms with E-state index in [4.69, 9.17) is 23.1 Å². The Labute approximate surface area is 317 Å². The summed E-state index contributed by atoms with van der Waals surface area (Å²) in [6.45, 7) is 31.0. The van der Waals surface area contributed by atoms with Crippen molar-refractivity contribution in [1.82, 2.24) is 0 Å². The Morgan fingerprint density at radius 1 is 0.942 bits per heavy atom. The van der Waals surface area contributed by atoms with Crippen LogP contribution in [0.15, 0.2) is 48.1 Å². The van der Waals surface area contributed by atoms with Crippen LogP contribution >= 0.6 is 0 Å². The Morgan fingerprint density at radius 2 is 1.58 bits per heavy atom. The van der Waals surface area contributed by atoms with Gasteiger partial charge in [0, 0.05) is 18.8 Å². The van der Waals surface area contributed by atoms with Gasteiger partial charge in [-0.1, -0.05) is 106 Å². The van der Waals surface area contributed by atoms with Crippen LogP contribution in [-0.4, -0.2) is 59.1 Å². The maximum absolute atomic E-state index is 14.1. The van der Waals surface area contributed by atoms with Crippen LogP contribution in [0, 0.1) is 17.8 Å². The molecule has 0 saturated carbocycles. The lowest BCUT2D eigenvalue weighted by atomic mass is 9.66. The molecule has 1 saturated heterocycles. The smallest absolute Gasteiger partial charge is 0.347 e. The van der Waals surface area contributed by atoms with E-state index in [0.717, 1.165) is 30.6 Å². The highest BCUT2D eigenvalue weighted by Crippen LogP contribution is 2.47. The average Bonchev–Trinajstić information content (AvgIpc) is 3.01. The summed E-state index contributed by atoms with van der Waals surface area (Å²) in [5.41, 5.74) is 2.25. The number of hydrogen-bond acceptors (Lipinski definition) is 7. The van der Waals surface area contributed by atoms with Crippen LogP contribution in [0.2, 0.25) is 36.3 Å². The van der Waals surface area contributed by atoms with Gasteiger partial charge in [0.25, 0.3) is 0 Å². The molecule has 0 amide bonds. The minimum Gasteiger partial charge on any atom is -0.478 e. The molecule has 1 aromatic carbocycles. The standard InChI is InChI=1S/C43H70O7Si2/c1-15-36(47-37-19-17-16-18-34(37)28(2)3)41(45)48-38-26-32(49-51(11,12)42(5,6)7)24-30-21-20-29(4)35(40(30)38)23-22-31-25-33(27-39(44)46-31)50-52(13,14)43(8,9)10/h16-21,24,28-29,31-33,35-36,38,40H,15,22-23,25-27H2,1-14H3/t29?,31-,32?,33-,35?,36+,38?,40?/m1/s1. The van der Waals surface area contributed by atoms with E-state index in [2.05, 4.69) is 113 Å². The lowest BCUT2D eigenvalue weighted by Gasteiger charge is -2.46. The molecule has 1 aromatic rings. The van der Waals surface area contributed by atoms with E-state index >= 15 is 0 Å². The minimum atomic E-state index is -2.12. The van der Waals surface area contributed by atoms with Crippen LogP contribution in [0.4, 0.5) is 0 Å². The Kier molecular flexibility index (Phi) is 13.6. The normalized spacial score (nSPS) is 27.8. The SMILES string of the molecule is CC[C@H](Oc1ccccc1C(C)C)C(=O)OC1CC(O[Si](C)(C)C(C)(C)C)C=C2C=CC(C)C(CC[C@@H]3C[C@@H](O[Si](C)(C)C(C)(C)C)CC(=O)O3)C21. The molecule has 0 spiro atoms. The predicted octanol–water partition coefficient (Wildman–Crippen LogP) is 10.9. The summed E-state index contributed by atoms with van der Waals surface area (Å²) in [5.74, 6) is 0.958. The number of carbonyl (C=O) groups excluding carboxylic acids is 2. The quantitative estimate of drug-likeness (QED) is 0.146. The van der Waals surface area contributed by atoms with Gasteiger partial charge in [0.1, 0.15) is 18.0 Å². The second-order valence-corrected chi connectivity index (χ2v) is 28.6. The minimum absolute atomic E-state index is 0.00208. The molecule has 0 radical (unpaired) electrons. The Balaban J connectivity index is 1.59. The number of cyclic esters (lactones) is 1. The fraction of sp³-hybridized carbons (Fsp3) is 0.721. The molecule has 2 aliphatic carbocycles. The third kappa shape index (κ3) is 10.3. The molecule has 0 aromatic heterocycles. The van der Waals surface area contributed by atoms with E-state index in [0.29, 0.717) is 19.3 Å². The summed E-state index contributed by atoms with van der Waals surface area (Å²) >= 11 is 0. The van der Waals surface area contributed by atoms with Gasteiger partial charge in [-0.05, 0) is 90.5 Å². The molecule has 0 N–H and O–H groups in total. The Bertz CT molecular complexity index is 1450. The van der Waals surface area contributed by atoms with Crippen LogP contribution in [-0.2, 0) is 27.9 Å². The molecule has 0 bridgehead atoms. The van der Waals surface area contributed by atoms with E-state index < -0.39 is 22.7 Å². The highest BCUT2D eigenvalue weighted by molar-refractivity contribution is 6.74. The van der Waals surface area contributed by atoms with Crippen LogP contribution in [0.3, 0.4) is 0 Å². The first kappa shape index (κ1) is 42.5. The van der Waals surface area contributed by atoms with Crippen molar-refractivity contribution in [1.29, 1.82) is 0 Å². The largest absolute Gasteiger partial charge is 0.478 e. The van der Waals surface area contributed by atoms with Crippen molar-refractivity contribution in [2.75, 3.05) is 0 Å². The first-order chi connectivity index (χ1) is 24.0. The van der Waals surface area contributed by atoms with Gasteiger partial charge in [0.05, 0.1) is 18.6 Å².